The van der Waals surface area contributed by atoms with Crippen molar-refractivity contribution < 1.29 is 0 Å². The molecule has 13 heavy (non-hydrogen) atoms. The summed E-state index contributed by atoms with van der Waals surface area (Å²) in [4.78, 5) is 1.12. The summed E-state index contributed by atoms with van der Waals surface area (Å²) in [7, 11) is 0. The third kappa shape index (κ3) is 2.77. The van der Waals surface area contributed by atoms with Gasteiger partial charge in [-0.3, -0.25) is 0 Å². The van der Waals surface area contributed by atoms with Crippen molar-refractivity contribution in [2.45, 2.75) is 44.4 Å². The van der Waals surface area contributed by atoms with Crippen LogP contribution < -0.4 is 0 Å². The van der Waals surface area contributed by atoms with Crippen LogP contribution in [-0.2, 0) is 6.42 Å². The topological polar surface area (TPSA) is 0 Å². The van der Waals surface area contributed by atoms with E-state index in [1.807, 2.05) is 0 Å². The molecule has 1 aromatic carbocycles. The second kappa shape index (κ2) is 4.71. The molecule has 1 aromatic rings. The van der Waals surface area contributed by atoms with Crippen LogP contribution in [0.25, 0.3) is 0 Å². The first-order valence-electron chi connectivity index (χ1n) is 4.97. The molecule has 0 radical (unpaired) electrons. The Morgan fingerprint density at radius 1 is 1.31 bits per heavy atom. The number of aryl methyl sites for hydroxylation is 1. The Morgan fingerprint density at radius 2 is 2.00 bits per heavy atom. The Kier molecular flexibility index (Phi) is 3.86. The van der Waals surface area contributed by atoms with Gasteiger partial charge < -0.3 is 0 Å². The summed E-state index contributed by atoms with van der Waals surface area (Å²) in [5.41, 5.74) is 2.80. The highest BCUT2D eigenvalue weighted by Gasteiger charge is 2.04. The first kappa shape index (κ1) is 10.6. The molecular formula is C12H18S. The second-order valence-corrected chi connectivity index (χ2v) is 4.28. The van der Waals surface area contributed by atoms with E-state index in [9.17, 15) is 0 Å². The zero-order valence-electron chi connectivity index (χ0n) is 8.67. The average Bonchev–Trinajstić information content (AvgIpc) is 2.08. The lowest BCUT2D eigenvalue weighted by Crippen LogP contribution is -1.92. The highest BCUT2D eigenvalue weighted by molar-refractivity contribution is 7.80. The molecule has 0 atom stereocenters. The molecule has 0 aromatic heterocycles. The van der Waals surface area contributed by atoms with E-state index in [0.717, 1.165) is 4.90 Å². The molecule has 0 nitrogen and oxygen atoms in total. The van der Waals surface area contributed by atoms with Gasteiger partial charge in [-0.2, -0.15) is 0 Å². The van der Waals surface area contributed by atoms with Crippen LogP contribution in [0.15, 0.2) is 23.1 Å². The molecule has 0 saturated heterocycles. The normalized spacial score (nSPS) is 10.8. The molecule has 0 aliphatic rings. The van der Waals surface area contributed by atoms with Crippen LogP contribution >= 0.6 is 12.6 Å². The Labute approximate surface area is 86.8 Å². The van der Waals surface area contributed by atoms with Crippen LogP contribution in [0.1, 0.15) is 44.2 Å². The van der Waals surface area contributed by atoms with Gasteiger partial charge >= 0.3 is 0 Å². The van der Waals surface area contributed by atoms with E-state index in [2.05, 4.69) is 51.6 Å². The summed E-state index contributed by atoms with van der Waals surface area (Å²) >= 11 is 4.45. The van der Waals surface area contributed by atoms with E-state index in [0.29, 0.717) is 5.92 Å². The van der Waals surface area contributed by atoms with Crippen molar-refractivity contribution in [3.05, 3.63) is 29.3 Å². The maximum absolute atomic E-state index is 4.45. The van der Waals surface area contributed by atoms with Crippen LogP contribution in [0.4, 0.5) is 0 Å². The fourth-order valence-electron chi connectivity index (χ4n) is 1.51. The Hall–Kier alpha value is -0.430. The number of benzene rings is 1. The molecule has 0 N–H and O–H groups in total. The molecule has 1 rings (SSSR count). The van der Waals surface area contributed by atoms with E-state index >= 15 is 0 Å². The molecule has 0 fully saturated rings. The summed E-state index contributed by atoms with van der Waals surface area (Å²) in [5, 5.41) is 0. The van der Waals surface area contributed by atoms with E-state index in [1.165, 1.54) is 24.0 Å². The Bertz CT molecular complexity index is 276. The van der Waals surface area contributed by atoms with E-state index in [4.69, 9.17) is 0 Å². The van der Waals surface area contributed by atoms with Gasteiger partial charge in [0, 0.05) is 4.90 Å². The number of hydrogen-bond acceptors (Lipinski definition) is 1. The molecule has 0 spiro atoms. The van der Waals surface area contributed by atoms with Gasteiger partial charge in [0.2, 0.25) is 0 Å². The Balaban J connectivity index is 2.97. The molecule has 0 unspecified atom stereocenters. The summed E-state index contributed by atoms with van der Waals surface area (Å²) in [5.74, 6) is 0.573. The number of rotatable bonds is 3. The third-order valence-corrected chi connectivity index (χ3v) is 2.66. The quantitative estimate of drug-likeness (QED) is 0.689. The average molecular weight is 194 g/mol. The maximum atomic E-state index is 4.45. The van der Waals surface area contributed by atoms with Crippen molar-refractivity contribution in [1.82, 2.24) is 0 Å². The molecular weight excluding hydrogens is 176 g/mol. The summed E-state index contributed by atoms with van der Waals surface area (Å²) in [6.45, 7) is 6.64. The minimum atomic E-state index is 0.573. The molecule has 0 heterocycles. The zero-order chi connectivity index (χ0) is 9.84. The smallest absolute Gasteiger partial charge is 0.00748 e. The lowest BCUT2D eigenvalue weighted by Gasteiger charge is -2.10. The van der Waals surface area contributed by atoms with Gasteiger partial charge in [-0.25, -0.2) is 0 Å². The highest BCUT2D eigenvalue weighted by atomic mass is 32.1. The zero-order valence-corrected chi connectivity index (χ0v) is 9.57. The molecule has 0 aliphatic heterocycles. The monoisotopic (exact) mass is 194 g/mol. The van der Waals surface area contributed by atoms with Gasteiger partial charge in [-0.05, 0) is 29.5 Å². The molecule has 72 valence electrons. The number of thiol groups is 1. The van der Waals surface area contributed by atoms with E-state index in [1.54, 1.807) is 0 Å². The molecule has 0 saturated carbocycles. The number of hydrogen-bond donors (Lipinski definition) is 1. The van der Waals surface area contributed by atoms with Crippen LogP contribution in [0.3, 0.4) is 0 Å². The van der Waals surface area contributed by atoms with E-state index in [-0.39, 0.29) is 0 Å². The lowest BCUT2D eigenvalue weighted by atomic mass is 9.99. The predicted octanol–water partition coefficient (Wildman–Crippen LogP) is 4.05. The van der Waals surface area contributed by atoms with Crippen LogP contribution in [0, 0.1) is 0 Å². The SMILES string of the molecule is CCCc1ccc(S)c(C(C)C)c1. The van der Waals surface area contributed by atoms with Gasteiger partial charge in [-0.15, -0.1) is 12.6 Å². The summed E-state index contributed by atoms with van der Waals surface area (Å²) < 4.78 is 0. The van der Waals surface area contributed by atoms with Gasteiger partial charge in [0.1, 0.15) is 0 Å². The predicted molar refractivity (Wildman–Crippen MR) is 61.8 cm³/mol. The van der Waals surface area contributed by atoms with Crippen molar-refractivity contribution in [2.75, 3.05) is 0 Å². The van der Waals surface area contributed by atoms with Gasteiger partial charge in [0.25, 0.3) is 0 Å². The van der Waals surface area contributed by atoms with Gasteiger partial charge in [-0.1, -0.05) is 39.3 Å². The van der Waals surface area contributed by atoms with Crippen molar-refractivity contribution in [1.29, 1.82) is 0 Å². The maximum Gasteiger partial charge on any atom is 0.00748 e. The first-order chi connectivity index (χ1) is 6.15. The second-order valence-electron chi connectivity index (χ2n) is 3.80. The van der Waals surface area contributed by atoms with Crippen LogP contribution in [-0.4, -0.2) is 0 Å². The third-order valence-electron chi connectivity index (χ3n) is 2.25. The van der Waals surface area contributed by atoms with Gasteiger partial charge in [0.15, 0.2) is 0 Å². The van der Waals surface area contributed by atoms with Gasteiger partial charge in [0.05, 0.1) is 0 Å². The fraction of sp³-hybridized carbons (Fsp3) is 0.500. The first-order valence-corrected chi connectivity index (χ1v) is 5.41. The Morgan fingerprint density at radius 3 is 2.54 bits per heavy atom. The standard InChI is InChI=1S/C12H18S/c1-4-5-10-6-7-12(13)11(8-10)9(2)3/h6-9,13H,4-5H2,1-3H3. The molecule has 0 aliphatic carbocycles. The van der Waals surface area contributed by atoms with Crippen molar-refractivity contribution in [2.24, 2.45) is 0 Å². The lowest BCUT2D eigenvalue weighted by molar-refractivity contribution is 0.831. The van der Waals surface area contributed by atoms with Crippen molar-refractivity contribution >= 4 is 12.6 Å². The summed E-state index contributed by atoms with van der Waals surface area (Å²) in [6.07, 6.45) is 2.39. The minimum absolute atomic E-state index is 0.573. The van der Waals surface area contributed by atoms with Crippen LogP contribution in [0.5, 0.6) is 0 Å². The summed E-state index contributed by atoms with van der Waals surface area (Å²) in [6, 6.07) is 6.58. The minimum Gasteiger partial charge on any atom is -0.143 e. The fourth-order valence-corrected chi connectivity index (χ4v) is 1.91. The molecule has 0 amide bonds. The molecule has 0 bridgehead atoms. The molecule has 1 heteroatoms. The van der Waals surface area contributed by atoms with E-state index < -0.39 is 0 Å². The van der Waals surface area contributed by atoms with Crippen LogP contribution in [0.2, 0.25) is 0 Å². The largest absolute Gasteiger partial charge is 0.143 e. The van der Waals surface area contributed by atoms with Crippen molar-refractivity contribution in [3.63, 3.8) is 0 Å². The van der Waals surface area contributed by atoms with Crippen molar-refractivity contribution in [3.8, 4) is 0 Å². The highest BCUT2D eigenvalue weighted by Crippen LogP contribution is 2.24.